The normalized spacial score (nSPS) is 14.0. The lowest BCUT2D eigenvalue weighted by molar-refractivity contribution is -0.122. The fraction of sp³-hybridized carbons (Fsp3) is 0.111. The molecule has 1 aromatic carbocycles. The van der Waals surface area contributed by atoms with Gasteiger partial charge in [0.2, 0.25) is 5.54 Å². The maximum absolute atomic E-state index is 11.1. The summed E-state index contributed by atoms with van der Waals surface area (Å²) in [5.41, 5.74) is 6.04. The van der Waals surface area contributed by atoms with Crippen LogP contribution in [0.5, 0.6) is 0 Å². The first-order chi connectivity index (χ1) is 6.67. The number of nitrogens with one attached hydrogen (secondary N) is 1. The fourth-order valence-corrected chi connectivity index (χ4v) is 1.14. The third-order valence-electron chi connectivity index (χ3n) is 1.96. The van der Waals surface area contributed by atoms with Crippen LogP contribution in [0.3, 0.4) is 0 Å². The van der Waals surface area contributed by atoms with Gasteiger partial charge in [-0.1, -0.05) is 30.3 Å². The zero-order chi connectivity index (χ0) is 10.6. The molecule has 0 radical (unpaired) electrons. The van der Waals surface area contributed by atoms with Gasteiger partial charge in [-0.2, -0.15) is 5.26 Å². The van der Waals surface area contributed by atoms with Crippen LogP contribution in [-0.2, 0) is 10.3 Å². The van der Waals surface area contributed by atoms with E-state index in [2.05, 4.69) is 5.43 Å². The van der Waals surface area contributed by atoms with E-state index in [0.717, 1.165) is 0 Å². The molecular formula is C9H10N4O. The number of carbonyl (C=O) groups excluding carboxylic acids is 1. The van der Waals surface area contributed by atoms with Gasteiger partial charge in [-0.3, -0.25) is 10.6 Å². The van der Waals surface area contributed by atoms with Gasteiger partial charge in [0, 0.05) is 0 Å². The van der Waals surface area contributed by atoms with Crippen molar-refractivity contribution in [1.29, 1.82) is 5.26 Å². The number of nitriles is 1. The minimum absolute atomic E-state index is 0.428. The predicted molar refractivity (Wildman–Crippen MR) is 50.3 cm³/mol. The Morgan fingerprint density at radius 1 is 1.43 bits per heavy atom. The average Bonchev–Trinajstić information content (AvgIpc) is 2.22. The van der Waals surface area contributed by atoms with Crippen LogP contribution in [0.25, 0.3) is 0 Å². The standard InChI is InChI=1S/C9H10N4O/c10-6-9(13-12,8(11)14)7-4-2-1-3-5-7/h1-5,13H,12H2,(H2,11,14). The quantitative estimate of drug-likeness (QED) is 0.435. The molecule has 72 valence electrons. The van der Waals surface area contributed by atoms with Gasteiger partial charge in [0.1, 0.15) is 6.07 Å². The highest BCUT2D eigenvalue weighted by Crippen LogP contribution is 2.18. The van der Waals surface area contributed by atoms with Crippen molar-refractivity contribution in [3.63, 3.8) is 0 Å². The van der Waals surface area contributed by atoms with Gasteiger partial charge in [-0.15, -0.1) is 0 Å². The Morgan fingerprint density at radius 2 is 2.00 bits per heavy atom. The molecule has 5 N–H and O–H groups in total. The van der Waals surface area contributed by atoms with Crippen LogP contribution in [0.15, 0.2) is 30.3 Å². The molecule has 1 unspecified atom stereocenters. The molecule has 0 spiro atoms. The van der Waals surface area contributed by atoms with E-state index in [1.807, 2.05) is 0 Å². The first kappa shape index (κ1) is 10.2. The van der Waals surface area contributed by atoms with Crippen LogP contribution < -0.4 is 17.0 Å². The van der Waals surface area contributed by atoms with E-state index in [1.54, 1.807) is 36.4 Å². The lowest BCUT2D eigenvalue weighted by atomic mass is 9.91. The highest BCUT2D eigenvalue weighted by Gasteiger charge is 2.37. The van der Waals surface area contributed by atoms with E-state index < -0.39 is 11.4 Å². The number of nitrogens with zero attached hydrogens (tertiary/aromatic N) is 1. The van der Waals surface area contributed by atoms with Crippen molar-refractivity contribution in [2.75, 3.05) is 0 Å². The lowest BCUT2D eigenvalue weighted by Crippen LogP contribution is -2.54. The van der Waals surface area contributed by atoms with Gasteiger partial charge >= 0.3 is 0 Å². The summed E-state index contributed by atoms with van der Waals surface area (Å²) in [6, 6.07) is 10.1. The first-order valence-electron chi connectivity index (χ1n) is 3.92. The van der Waals surface area contributed by atoms with Gasteiger partial charge in [-0.05, 0) is 5.56 Å². The van der Waals surface area contributed by atoms with Crippen molar-refractivity contribution in [1.82, 2.24) is 5.43 Å². The van der Waals surface area contributed by atoms with Gasteiger partial charge in [0.15, 0.2) is 0 Å². The summed E-state index contributed by atoms with van der Waals surface area (Å²) < 4.78 is 0. The number of carbonyl (C=O) groups is 1. The van der Waals surface area contributed by atoms with Gasteiger partial charge in [0.05, 0.1) is 0 Å². The third-order valence-corrected chi connectivity index (χ3v) is 1.96. The van der Waals surface area contributed by atoms with E-state index in [4.69, 9.17) is 16.8 Å². The summed E-state index contributed by atoms with van der Waals surface area (Å²) in [6.45, 7) is 0. The van der Waals surface area contributed by atoms with E-state index in [0.29, 0.717) is 5.56 Å². The Bertz CT molecular complexity index is 370. The summed E-state index contributed by atoms with van der Waals surface area (Å²) in [7, 11) is 0. The number of primary amides is 1. The maximum atomic E-state index is 11.1. The molecule has 0 aliphatic carbocycles. The third kappa shape index (κ3) is 1.44. The minimum atomic E-state index is -1.65. The monoisotopic (exact) mass is 190 g/mol. The van der Waals surface area contributed by atoms with Crippen LogP contribution in [0, 0.1) is 11.3 Å². The summed E-state index contributed by atoms with van der Waals surface area (Å²) >= 11 is 0. The minimum Gasteiger partial charge on any atom is -0.367 e. The first-order valence-corrected chi connectivity index (χ1v) is 3.92. The summed E-state index contributed by atoms with van der Waals surface area (Å²) in [4.78, 5) is 11.1. The Morgan fingerprint density at radius 3 is 2.36 bits per heavy atom. The SMILES string of the molecule is N#CC(NN)(C(N)=O)c1ccccc1. The topological polar surface area (TPSA) is 105 Å². The second-order valence-corrected chi connectivity index (χ2v) is 2.74. The van der Waals surface area contributed by atoms with E-state index >= 15 is 0 Å². The molecule has 0 heterocycles. The van der Waals surface area contributed by atoms with Crippen molar-refractivity contribution in [3.05, 3.63) is 35.9 Å². The zero-order valence-electron chi connectivity index (χ0n) is 7.40. The molecule has 1 atom stereocenters. The summed E-state index contributed by atoms with van der Waals surface area (Å²) in [6.07, 6.45) is 0. The molecule has 0 aromatic heterocycles. The van der Waals surface area contributed by atoms with Crippen molar-refractivity contribution in [2.45, 2.75) is 5.54 Å². The van der Waals surface area contributed by atoms with Gasteiger partial charge in [0.25, 0.3) is 5.91 Å². The van der Waals surface area contributed by atoms with Crippen molar-refractivity contribution in [2.24, 2.45) is 11.6 Å². The molecule has 14 heavy (non-hydrogen) atoms. The number of nitrogens with two attached hydrogens (primary N) is 2. The average molecular weight is 190 g/mol. The molecule has 1 rings (SSSR count). The smallest absolute Gasteiger partial charge is 0.258 e. The largest absolute Gasteiger partial charge is 0.367 e. The fourth-order valence-electron chi connectivity index (χ4n) is 1.14. The lowest BCUT2D eigenvalue weighted by Gasteiger charge is -2.21. The highest BCUT2D eigenvalue weighted by molar-refractivity contribution is 5.89. The van der Waals surface area contributed by atoms with Crippen molar-refractivity contribution >= 4 is 5.91 Å². The second kappa shape index (κ2) is 3.87. The molecule has 0 aliphatic rings. The number of rotatable bonds is 3. The van der Waals surface area contributed by atoms with Crippen LogP contribution in [0.2, 0.25) is 0 Å². The summed E-state index contributed by atoms with van der Waals surface area (Å²) in [5, 5.41) is 8.91. The molecule has 0 saturated heterocycles. The molecule has 0 fully saturated rings. The predicted octanol–water partition coefficient (Wildman–Crippen LogP) is -0.646. The van der Waals surface area contributed by atoms with Gasteiger partial charge < -0.3 is 5.73 Å². The summed E-state index contributed by atoms with van der Waals surface area (Å²) in [5.74, 6) is 4.35. The molecule has 0 bridgehead atoms. The molecule has 5 heteroatoms. The number of hydrogen-bond acceptors (Lipinski definition) is 4. The Hall–Kier alpha value is -1.90. The number of benzene rings is 1. The van der Waals surface area contributed by atoms with Gasteiger partial charge in [-0.25, -0.2) is 5.43 Å². The van der Waals surface area contributed by atoms with Crippen LogP contribution >= 0.6 is 0 Å². The number of amides is 1. The van der Waals surface area contributed by atoms with Crippen LogP contribution in [-0.4, -0.2) is 5.91 Å². The van der Waals surface area contributed by atoms with Crippen molar-refractivity contribution in [3.8, 4) is 6.07 Å². The Kier molecular flexibility index (Phi) is 2.82. The van der Waals surface area contributed by atoms with Crippen LogP contribution in [0.1, 0.15) is 5.56 Å². The Balaban J connectivity index is 3.27. The van der Waals surface area contributed by atoms with Crippen LogP contribution in [0.4, 0.5) is 0 Å². The molecule has 1 aromatic rings. The molecule has 5 nitrogen and oxygen atoms in total. The zero-order valence-corrected chi connectivity index (χ0v) is 7.40. The van der Waals surface area contributed by atoms with E-state index in [9.17, 15) is 4.79 Å². The van der Waals surface area contributed by atoms with Crippen molar-refractivity contribution < 1.29 is 4.79 Å². The number of hydrogen-bond donors (Lipinski definition) is 3. The Labute approximate surface area is 81.3 Å². The number of hydrazine groups is 1. The molecule has 0 saturated carbocycles. The maximum Gasteiger partial charge on any atom is 0.258 e. The molecule has 1 amide bonds. The van der Waals surface area contributed by atoms with E-state index in [1.165, 1.54) is 0 Å². The second-order valence-electron chi connectivity index (χ2n) is 2.74. The molecule has 0 aliphatic heterocycles. The molecular weight excluding hydrogens is 180 g/mol. The van der Waals surface area contributed by atoms with E-state index in [-0.39, 0.29) is 0 Å². The highest BCUT2D eigenvalue weighted by atomic mass is 16.1.